The van der Waals surface area contributed by atoms with E-state index in [0.29, 0.717) is 22.2 Å². The van der Waals surface area contributed by atoms with Crippen molar-refractivity contribution in [1.82, 2.24) is 4.68 Å². The zero-order chi connectivity index (χ0) is 18.0. The molecule has 0 radical (unpaired) electrons. The summed E-state index contributed by atoms with van der Waals surface area (Å²) in [5, 5.41) is 2.81. The summed E-state index contributed by atoms with van der Waals surface area (Å²) in [6, 6.07) is 18.6. The molecule has 0 aliphatic heterocycles. The molecule has 1 heterocycles. The van der Waals surface area contributed by atoms with E-state index in [1.807, 2.05) is 67.1 Å². The summed E-state index contributed by atoms with van der Waals surface area (Å²) in [7, 11) is 0. The SMILES string of the molecule is Cc1ccc(C)n1N(Cc1ccc(Cl)cc1)C(=O)c1ccccc1Cl. The van der Waals surface area contributed by atoms with E-state index in [-0.39, 0.29) is 5.91 Å². The van der Waals surface area contributed by atoms with E-state index < -0.39 is 0 Å². The van der Waals surface area contributed by atoms with Crippen LogP contribution >= 0.6 is 23.2 Å². The summed E-state index contributed by atoms with van der Waals surface area (Å²) in [5.41, 5.74) is 3.42. The van der Waals surface area contributed by atoms with Crippen molar-refractivity contribution in [2.75, 3.05) is 5.01 Å². The van der Waals surface area contributed by atoms with Gasteiger partial charge < -0.3 is 0 Å². The molecule has 0 N–H and O–H groups in total. The van der Waals surface area contributed by atoms with E-state index in [2.05, 4.69) is 0 Å². The topological polar surface area (TPSA) is 25.2 Å². The first-order chi connectivity index (χ1) is 12.0. The van der Waals surface area contributed by atoms with Gasteiger partial charge in [-0.15, -0.1) is 0 Å². The van der Waals surface area contributed by atoms with Crippen LogP contribution in [0.4, 0.5) is 0 Å². The Balaban J connectivity index is 2.04. The smallest absolute Gasteiger partial charge is 0.267 e. The molecule has 25 heavy (non-hydrogen) atoms. The van der Waals surface area contributed by atoms with Crippen LogP contribution in [0.1, 0.15) is 27.3 Å². The Bertz CT molecular complexity index is 881. The normalized spacial score (nSPS) is 10.7. The summed E-state index contributed by atoms with van der Waals surface area (Å²) in [4.78, 5) is 13.2. The molecular weight excluding hydrogens is 355 g/mol. The summed E-state index contributed by atoms with van der Waals surface area (Å²) in [5.74, 6) is -0.150. The van der Waals surface area contributed by atoms with Gasteiger partial charge in [0.2, 0.25) is 0 Å². The molecule has 3 nitrogen and oxygen atoms in total. The fourth-order valence-corrected chi connectivity index (χ4v) is 3.15. The number of hydrogen-bond acceptors (Lipinski definition) is 1. The average Bonchev–Trinajstić information content (AvgIpc) is 2.93. The Hall–Kier alpha value is -2.23. The summed E-state index contributed by atoms with van der Waals surface area (Å²) in [6.45, 7) is 4.36. The predicted octanol–water partition coefficient (Wildman–Crippen LogP) is 5.39. The van der Waals surface area contributed by atoms with Gasteiger partial charge in [0.15, 0.2) is 0 Å². The standard InChI is InChI=1S/C20H18Cl2N2O/c1-14-7-8-15(2)24(14)23(13-16-9-11-17(21)12-10-16)20(25)18-5-3-4-6-19(18)22/h3-12H,13H2,1-2H3. The summed E-state index contributed by atoms with van der Waals surface area (Å²) in [6.07, 6.45) is 0. The summed E-state index contributed by atoms with van der Waals surface area (Å²) >= 11 is 12.2. The molecule has 0 unspecified atom stereocenters. The minimum absolute atomic E-state index is 0.150. The molecule has 2 aromatic carbocycles. The molecule has 0 saturated heterocycles. The van der Waals surface area contributed by atoms with Crippen LogP contribution in [-0.2, 0) is 6.54 Å². The second kappa shape index (κ2) is 7.34. The molecule has 128 valence electrons. The van der Waals surface area contributed by atoms with E-state index >= 15 is 0 Å². The van der Waals surface area contributed by atoms with Gasteiger partial charge in [-0.25, -0.2) is 5.01 Å². The van der Waals surface area contributed by atoms with E-state index in [1.54, 1.807) is 17.1 Å². The first-order valence-corrected chi connectivity index (χ1v) is 8.69. The Labute approximate surface area is 157 Å². The predicted molar refractivity (Wildman–Crippen MR) is 103 cm³/mol. The number of carbonyl (C=O) groups is 1. The Morgan fingerprint density at radius 2 is 1.52 bits per heavy atom. The van der Waals surface area contributed by atoms with Crippen LogP contribution < -0.4 is 5.01 Å². The third kappa shape index (κ3) is 3.73. The highest BCUT2D eigenvalue weighted by molar-refractivity contribution is 6.34. The van der Waals surface area contributed by atoms with E-state index in [0.717, 1.165) is 17.0 Å². The number of aromatic nitrogens is 1. The zero-order valence-corrected chi connectivity index (χ0v) is 15.6. The first-order valence-electron chi connectivity index (χ1n) is 7.93. The maximum absolute atomic E-state index is 13.2. The highest BCUT2D eigenvalue weighted by Gasteiger charge is 2.22. The zero-order valence-electron chi connectivity index (χ0n) is 14.0. The Morgan fingerprint density at radius 1 is 0.920 bits per heavy atom. The molecule has 0 saturated carbocycles. The lowest BCUT2D eigenvalue weighted by atomic mass is 10.2. The van der Waals surface area contributed by atoms with Gasteiger partial charge >= 0.3 is 0 Å². The van der Waals surface area contributed by atoms with Gasteiger partial charge in [0.1, 0.15) is 0 Å². The van der Waals surface area contributed by atoms with Gasteiger partial charge in [-0.1, -0.05) is 47.5 Å². The maximum atomic E-state index is 13.2. The van der Waals surface area contributed by atoms with E-state index in [1.165, 1.54) is 0 Å². The molecule has 5 heteroatoms. The number of aryl methyl sites for hydroxylation is 2. The van der Waals surface area contributed by atoms with Crippen LogP contribution in [0.25, 0.3) is 0 Å². The fourth-order valence-electron chi connectivity index (χ4n) is 2.81. The third-order valence-electron chi connectivity index (χ3n) is 4.06. The van der Waals surface area contributed by atoms with Crippen LogP contribution in [0, 0.1) is 13.8 Å². The molecule has 0 fully saturated rings. The van der Waals surface area contributed by atoms with Crippen molar-refractivity contribution in [2.45, 2.75) is 20.4 Å². The fraction of sp³-hybridized carbons (Fsp3) is 0.150. The number of rotatable bonds is 4. The lowest BCUT2D eigenvalue weighted by Crippen LogP contribution is -2.41. The number of benzene rings is 2. The molecule has 0 spiro atoms. The quantitative estimate of drug-likeness (QED) is 0.602. The maximum Gasteiger partial charge on any atom is 0.274 e. The minimum atomic E-state index is -0.150. The molecule has 1 aromatic heterocycles. The number of hydrogen-bond donors (Lipinski definition) is 0. The molecule has 0 aliphatic rings. The van der Waals surface area contributed by atoms with Gasteiger partial charge in [-0.3, -0.25) is 9.47 Å². The second-order valence-corrected chi connectivity index (χ2v) is 6.74. The van der Waals surface area contributed by atoms with E-state index in [9.17, 15) is 4.79 Å². The Morgan fingerprint density at radius 3 is 2.12 bits per heavy atom. The lowest BCUT2D eigenvalue weighted by molar-refractivity contribution is 0.0954. The van der Waals surface area contributed by atoms with Crippen molar-refractivity contribution < 1.29 is 4.79 Å². The number of carbonyl (C=O) groups excluding carboxylic acids is 1. The van der Waals surface area contributed by atoms with Gasteiger partial charge in [0.05, 0.1) is 17.1 Å². The number of halogens is 2. The molecule has 1 amide bonds. The molecule has 0 bridgehead atoms. The third-order valence-corrected chi connectivity index (χ3v) is 4.64. The molecule has 3 rings (SSSR count). The Kier molecular flexibility index (Phi) is 5.16. The van der Waals surface area contributed by atoms with Crippen molar-refractivity contribution in [3.8, 4) is 0 Å². The van der Waals surface area contributed by atoms with Crippen LogP contribution in [0.5, 0.6) is 0 Å². The molecule has 0 atom stereocenters. The highest BCUT2D eigenvalue weighted by Crippen LogP contribution is 2.21. The van der Waals surface area contributed by atoms with Crippen molar-refractivity contribution in [3.05, 3.63) is 93.2 Å². The number of nitrogens with zero attached hydrogens (tertiary/aromatic N) is 2. The van der Waals surface area contributed by atoms with Crippen LogP contribution in [-0.4, -0.2) is 10.6 Å². The van der Waals surface area contributed by atoms with Gasteiger partial charge in [0, 0.05) is 16.4 Å². The molecule has 3 aromatic rings. The van der Waals surface area contributed by atoms with Gasteiger partial charge in [-0.05, 0) is 55.8 Å². The number of amides is 1. The first kappa shape index (κ1) is 17.6. The van der Waals surface area contributed by atoms with Crippen molar-refractivity contribution in [1.29, 1.82) is 0 Å². The van der Waals surface area contributed by atoms with Crippen molar-refractivity contribution in [3.63, 3.8) is 0 Å². The van der Waals surface area contributed by atoms with Crippen molar-refractivity contribution >= 4 is 29.1 Å². The van der Waals surface area contributed by atoms with Crippen LogP contribution in [0.15, 0.2) is 60.7 Å². The monoisotopic (exact) mass is 372 g/mol. The largest absolute Gasteiger partial charge is 0.274 e. The van der Waals surface area contributed by atoms with Gasteiger partial charge in [0.25, 0.3) is 5.91 Å². The molecule has 0 aliphatic carbocycles. The molecular formula is C20H18Cl2N2O. The second-order valence-electron chi connectivity index (χ2n) is 5.90. The minimum Gasteiger partial charge on any atom is -0.267 e. The average molecular weight is 373 g/mol. The van der Waals surface area contributed by atoms with Gasteiger partial charge in [-0.2, -0.15) is 0 Å². The van der Waals surface area contributed by atoms with Crippen LogP contribution in [0.2, 0.25) is 10.0 Å². The van der Waals surface area contributed by atoms with E-state index in [4.69, 9.17) is 23.2 Å². The highest BCUT2D eigenvalue weighted by atomic mass is 35.5. The van der Waals surface area contributed by atoms with Crippen molar-refractivity contribution in [2.24, 2.45) is 0 Å². The summed E-state index contributed by atoms with van der Waals surface area (Å²) < 4.78 is 1.92. The lowest BCUT2D eigenvalue weighted by Gasteiger charge is -2.27. The van der Waals surface area contributed by atoms with Crippen LogP contribution in [0.3, 0.4) is 0 Å².